The maximum Gasteiger partial charge on any atom is 0.229 e. The normalized spacial score (nSPS) is 14.0. The summed E-state index contributed by atoms with van der Waals surface area (Å²) < 4.78 is 5.10. The van der Waals surface area contributed by atoms with Crippen LogP contribution in [0.4, 0.5) is 0 Å². The van der Waals surface area contributed by atoms with Crippen molar-refractivity contribution in [3.05, 3.63) is 96.1 Å². The van der Waals surface area contributed by atoms with Crippen molar-refractivity contribution in [1.82, 2.24) is 0 Å². The van der Waals surface area contributed by atoms with Crippen molar-refractivity contribution < 1.29 is 4.43 Å². The van der Waals surface area contributed by atoms with Crippen molar-refractivity contribution in [3.8, 4) is 0 Å². The molecule has 2 aromatic carbocycles. The van der Waals surface area contributed by atoms with Gasteiger partial charge in [-0.05, 0) is 34.7 Å². The van der Waals surface area contributed by atoms with Crippen LogP contribution in [0.5, 0.6) is 0 Å². The van der Waals surface area contributed by atoms with Gasteiger partial charge in [0, 0.05) is 6.61 Å². The molecule has 2 heteroatoms. The minimum absolute atomic E-state index is 0.802. The molecule has 0 spiro atoms. The van der Waals surface area contributed by atoms with E-state index in [2.05, 4.69) is 86.0 Å². The van der Waals surface area contributed by atoms with Crippen molar-refractivity contribution in [2.24, 2.45) is 0 Å². The molecule has 0 saturated carbocycles. The highest BCUT2D eigenvalue weighted by molar-refractivity contribution is 6.27. The molecule has 2 aromatic rings. The van der Waals surface area contributed by atoms with E-state index in [1.807, 2.05) is 0 Å². The quantitative estimate of drug-likeness (QED) is 0.277. The predicted molar refractivity (Wildman–Crippen MR) is 117 cm³/mol. The van der Waals surface area contributed by atoms with Gasteiger partial charge in [-0.2, -0.15) is 0 Å². The average molecular weight is 359 g/mol. The van der Waals surface area contributed by atoms with Crippen LogP contribution in [0.25, 0.3) is 24.3 Å². The molecule has 3 aliphatic rings. The molecule has 1 aliphatic heterocycles. The van der Waals surface area contributed by atoms with Gasteiger partial charge in [0.05, 0.1) is 0 Å². The van der Waals surface area contributed by atoms with Gasteiger partial charge < -0.3 is 4.43 Å². The summed E-state index contributed by atoms with van der Waals surface area (Å²) in [5.41, 5.74) is 5.47. The molecule has 0 unspecified atom stereocenters. The fourth-order valence-corrected chi connectivity index (χ4v) is 3.14. The zero-order chi connectivity index (χ0) is 18.5. The molecule has 2 aliphatic carbocycles. The third-order valence-corrected chi connectivity index (χ3v) is 4.89. The average Bonchev–Trinajstić information content (AvgIpc) is 2.67. The van der Waals surface area contributed by atoms with Gasteiger partial charge in [0.1, 0.15) is 0 Å². The second-order valence-electron chi connectivity index (χ2n) is 5.85. The van der Waals surface area contributed by atoms with Gasteiger partial charge in [-0.3, -0.25) is 0 Å². The molecule has 26 heavy (non-hydrogen) atoms. The van der Waals surface area contributed by atoms with Gasteiger partial charge in [-0.25, -0.2) is 0 Å². The van der Waals surface area contributed by atoms with Crippen LogP contribution < -0.4 is 0 Å². The molecule has 0 amide bonds. The highest BCUT2D eigenvalue weighted by Crippen LogP contribution is 2.22. The van der Waals surface area contributed by atoms with Gasteiger partial charge in [-0.15, -0.1) is 0 Å². The molecule has 0 atom stereocenters. The lowest BCUT2D eigenvalue weighted by Gasteiger charge is -2.06. The molecule has 2 radical (unpaired) electrons. The van der Waals surface area contributed by atoms with Crippen LogP contribution in [0.1, 0.15) is 35.1 Å². The summed E-state index contributed by atoms with van der Waals surface area (Å²) in [5, 5.41) is 0. The van der Waals surface area contributed by atoms with Crippen molar-refractivity contribution >= 4 is 34.1 Å². The molecule has 0 bridgehead atoms. The molecule has 1 saturated heterocycles. The van der Waals surface area contributed by atoms with Crippen LogP contribution in [0, 0.1) is 0 Å². The minimum atomic E-state index is 0.802. The van der Waals surface area contributed by atoms with Crippen molar-refractivity contribution in [2.45, 2.75) is 18.9 Å². The number of fused-ring (bicyclic) bond motifs is 2. The first-order valence-electron chi connectivity index (χ1n) is 8.97. The van der Waals surface area contributed by atoms with Crippen LogP contribution in [0.3, 0.4) is 0 Å². The number of benzene rings is 2. The Labute approximate surface area is 160 Å². The summed E-state index contributed by atoms with van der Waals surface area (Å²) in [7, 11) is 0.802. The third-order valence-electron chi connectivity index (χ3n) is 3.92. The lowest BCUT2D eigenvalue weighted by atomic mass is 9.99. The largest absolute Gasteiger partial charge is 0.417 e. The highest BCUT2D eigenvalue weighted by atomic mass is 28.2. The predicted octanol–water partition coefficient (Wildman–Crippen LogP) is 6.53. The van der Waals surface area contributed by atoms with E-state index in [0.29, 0.717) is 0 Å². The van der Waals surface area contributed by atoms with E-state index >= 15 is 0 Å². The van der Waals surface area contributed by atoms with Crippen LogP contribution in [0.2, 0.25) is 6.04 Å². The molecule has 1 fully saturated rings. The molecule has 5 rings (SSSR count). The minimum Gasteiger partial charge on any atom is -0.417 e. The van der Waals surface area contributed by atoms with Crippen molar-refractivity contribution in [1.29, 1.82) is 0 Å². The van der Waals surface area contributed by atoms with E-state index in [9.17, 15) is 0 Å². The lowest BCUT2D eigenvalue weighted by Crippen LogP contribution is -2.06. The molecule has 0 N–H and O–H groups in total. The van der Waals surface area contributed by atoms with E-state index in [1.165, 1.54) is 41.1 Å². The smallest absolute Gasteiger partial charge is 0.229 e. The summed E-state index contributed by atoms with van der Waals surface area (Å²) in [6, 6.07) is 18.0. The SMILES string of the molecule is C1=Cc2ccccc21.C1=Cc2ccccc21.C1CC[Si]OC1.C=CC=C. The van der Waals surface area contributed by atoms with Crippen molar-refractivity contribution in [2.75, 3.05) is 6.61 Å². The van der Waals surface area contributed by atoms with E-state index in [0.717, 1.165) is 16.4 Å². The number of hydrogen-bond acceptors (Lipinski definition) is 1. The van der Waals surface area contributed by atoms with Crippen molar-refractivity contribution in [3.63, 3.8) is 0 Å². The Morgan fingerprint density at radius 2 is 1.12 bits per heavy atom. The van der Waals surface area contributed by atoms with Crippen LogP contribution >= 0.6 is 0 Å². The lowest BCUT2D eigenvalue weighted by molar-refractivity contribution is 0.304. The zero-order valence-corrected chi connectivity index (χ0v) is 16.2. The molecular weight excluding hydrogens is 332 g/mol. The van der Waals surface area contributed by atoms with E-state index in [4.69, 9.17) is 4.43 Å². The Morgan fingerprint density at radius 1 is 0.692 bits per heavy atom. The highest BCUT2D eigenvalue weighted by Gasteiger charge is 2.00. The van der Waals surface area contributed by atoms with Gasteiger partial charge >= 0.3 is 0 Å². The summed E-state index contributed by atoms with van der Waals surface area (Å²) in [4.78, 5) is 0. The molecule has 132 valence electrons. The summed E-state index contributed by atoms with van der Waals surface area (Å²) >= 11 is 0. The standard InChI is InChI=1S/2C8H6.C4H8OSi.C4H6/c2*1-2-4-8-6-5-7(8)3-1;1-2-4-6-5-3-1;1-3-4-2/h2*1-6H;1-4H2;3-4H,1-2H2. The Bertz CT molecular complexity index is 633. The fourth-order valence-electron chi connectivity index (χ4n) is 2.31. The number of allylic oxidation sites excluding steroid dienone is 2. The first kappa shape index (κ1) is 19.9. The zero-order valence-electron chi connectivity index (χ0n) is 15.2. The third kappa shape index (κ3) is 6.83. The Kier molecular flexibility index (Phi) is 9.19. The van der Waals surface area contributed by atoms with Gasteiger partial charge in [0.15, 0.2) is 0 Å². The summed E-state index contributed by atoms with van der Waals surface area (Å²) in [5.74, 6) is 0. The number of rotatable bonds is 1. The van der Waals surface area contributed by atoms with E-state index in [1.54, 1.807) is 12.2 Å². The second-order valence-corrected chi connectivity index (χ2v) is 6.92. The van der Waals surface area contributed by atoms with Crippen LogP contribution in [0.15, 0.2) is 73.8 Å². The van der Waals surface area contributed by atoms with E-state index < -0.39 is 0 Å². The molecule has 1 nitrogen and oxygen atoms in total. The summed E-state index contributed by atoms with van der Waals surface area (Å²) in [6.45, 7) is 7.73. The van der Waals surface area contributed by atoms with Gasteiger partial charge in [-0.1, -0.05) is 105 Å². The topological polar surface area (TPSA) is 9.23 Å². The first-order valence-corrected chi connectivity index (χ1v) is 10.1. The monoisotopic (exact) mass is 358 g/mol. The maximum absolute atomic E-state index is 5.10. The molecular formula is C24H26OSi. The summed E-state index contributed by atoms with van der Waals surface area (Å²) in [6.07, 6.45) is 14.4. The number of hydrogen-bond donors (Lipinski definition) is 0. The maximum atomic E-state index is 5.10. The van der Waals surface area contributed by atoms with Crippen LogP contribution in [-0.2, 0) is 4.43 Å². The fraction of sp³-hybridized carbons (Fsp3) is 0.167. The van der Waals surface area contributed by atoms with Gasteiger partial charge in [0.2, 0.25) is 9.76 Å². The van der Waals surface area contributed by atoms with E-state index in [-0.39, 0.29) is 0 Å². The molecule has 1 heterocycles. The Balaban J connectivity index is 0.000000129. The molecule has 0 aromatic heterocycles. The van der Waals surface area contributed by atoms with Gasteiger partial charge in [0.25, 0.3) is 0 Å². The Morgan fingerprint density at radius 3 is 1.23 bits per heavy atom. The Hall–Kier alpha value is -2.42. The van der Waals surface area contributed by atoms with Crippen LogP contribution in [-0.4, -0.2) is 16.4 Å². The second kappa shape index (κ2) is 12.0. The first-order chi connectivity index (χ1) is 12.8.